The third-order valence-corrected chi connectivity index (χ3v) is 5.87. The van der Waals surface area contributed by atoms with Crippen LogP contribution in [0.25, 0.3) is 0 Å². The minimum atomic E-state index is -3.57. The first kappa shape index (κ1) is 17.4. The Morgan fingerprint density at radius 2 is 1.78 bits per heavy atom. The van der Waals surface area contributed by atoms with Gasteiger partial charge in [-0.25, -0.2) is 8.42 Å². The quantitative estimate of drug-likeness (QED) is 0.818. The first-order valence-corrected chi connectivity index (χ1v) is 9.21. The monoisotopic (exact) mass is 335 g/mol. The number of hydrogen-bond donors (Lipinski definition) is 0. The normalized spacial score (nSPS) is 16.1. The maximum Gasteiger partial charge on any atom is 0.243 e. The molecule has 1 aliphatic rings. The van der Waals surface area contributed by atoms with Gasteiger partial charge in [-0.1, -0.05) is 13.3 Å². The van der Waals surface area contributed by atoms with E-state index in [0.29, 0.717) is 38.2 Å². The number of hydrogen-bond acceptors (Lipinski definition) is 4. The van der Waals surface area contributed by atoms with E-state index in [2.05, 4.69) is 0 Å². The van der Waals surface area contributed by atoms with Gasteiger partial charge in [0, 0.05) is 32.6 Å². The molecule has 1 aromatic rings. The highest BCUT2D eigenvalue weighted by molar-refractivity contribution is 7.89. The van der Waals surface area contributed by atoms with E-state index >= 15 is 0 Å². The summed E-state index contributed by atoms with van der Waals surface area (Å²) in [6.07, 6.45) is 2.36. The van der Waals surface area contributed by atoms with E-state index in [-0.39, 0.29) is 10.8 Å². The van der Waals surface area contributed by atoms with Crippen LogP contribution < -0.4 is 0 Å². The lowest BCUT2D eigenvalue weighted by molar-refractivity contribution is -0.132. The molecule has 23 heavy (non-hydrogen) atoms. The molecule has 0 saturated carbocycles. The van der Waals surface area contributed by atoms with Crippen molar-refractivity contribution in [2.24, 2.45) is 0 Å². The molecule has 1 amide bonds. The summed E-state index contributed by atoms with van der Waals surface area (Å²) >= 11 is 0. The second-order valence-corrected chi connectivity index (χ2v) is 7.46. The summed E-state index contributed by atoms with van der Waals surface area (Å²) in [5.74, 6) is 0.0993. The Kier molecular flexibility index (Phi) is 5.74. The van der Waals surface area contributed by atoms with E-state index < -0.39 is 10.0 Å². The Hall–Kier alpha value is -1.91. The lowest BCUT2D eigenvalue weighted by atomic mass is 10.2. The molecule has 7 heteroatoms. The van der Waals surface area contributed by atoms with Gasteiger partial charge in [-0.15, -0.1) is 0 Å². The molecule has 0 radical (unpaired) electrons. The molecule has 2 rings (SSSR count). The zero-order valence-electron chi connectivity index (χ0n) is 13.2. The van der Waals surface area contributed by atoms with Gasteiger partial charge in [0.05, 0.1) is 16.5 Å². The first-order valence-electron chi connectivity index (χ1n) is 7.77. The smallest absolute Gasteiger partial charge is 0.243 e. The number of nitrogens with zero attached hydrogens (tertiary/aromatic N) is 3. The van der Waals surface area contributed by atoms with Crippen LogP contribution in [0, 0.1) is 11.3 Å². The summed E-state index contributed by atoms with van der Waals surface area (Å²) in [5, 5.41) is 8.78. The standard InChI is InChI=1S/C16H21N3O3S/c1-2-3-4-16(20)18-9-11-19(12-10-18)23(21,22)15-7-5-14(13-17)6-8-15/h5-8H,2-4,9-12H2,1H3. The van der Waals surface area contributed by atoms with Gasteiger partial charge in [0.25, 0.3) is 0 Å². The molecule has 1 saturated heterocycles. The fourth-order valence-electron chi connectivity index (χ4n) is 2.51. The molecule has 0 atom stereocenters. The van der Waals surface area contributed by atoms with Crippen LogP contribution in [0.2, 0.25) is 0 Å². The van der Waals surface area contributed by atoms with Crippen LogP contribution >= 0.6 is 0 Å². The van der Waals surface area contributed by atoms with Crippen molar-refractivity contribution < 1.29 is 13.2 Å². The number of nitriles is 1. The van der Waals surface area contributed by atoms with Crippen LogP contribution in [0.4, 0.5) is 0 Å². The predicted octanol–water partition coefficient (Wildman–Crippen LogP) is 1.58. The van der Waals surface area contributed by atoms with Gasteiger partial charge >= 0.3 is 0 Å². The number of carbonyl (C=O) groups is 1. The van der Waals surface area contributed by atoms with E-state index in [1.807, 2.05) is 13.0 Å². The largest absolute Gasteiger partial charge is 0.340 e. The highest BCUT2D eigenvalue weighted by Gasteiger charge is 2.29. The second kappa shape index (κ2) is 7.57. The van der Waals surface area contributed by atoms with Gasteiger partial charge in [-0.3, -0.25) is 4.79 Å². The number of rotatable bonds is 5. The maximum absolute atomic E-state index is 12.6. The second-order valence-electron chi connectivity index (χ2n) is 5.52. The lowest BCUT2D eigenvalue weighted by Gasteiger charge is -2.34. The van der Waals surface area contributed by atoms with Crippen molar-refractivity contribution in [3.8, 4) is 6.07 Å². The topological polar surface area (TPSA) is 81.5 Å². The molecule has 124 valence electrons. The van der Waals surface area contributed by atoms with Crippen LogP contribution in [-0.2, 0) is 14.8 Å². The highest BCUT2D eigenvalue weighted by atomic mass is 32.2. The Morgan fingerprint density at radius 3 is 2.30 bits per heavy atom. The van der Waals surface area contributed by atoms with Gasteiger partial charge in [-0.2, -0.15) is 9.57 Å². The SMILES string of the molecule is CCCCC(=O)N1CCN(S(=O)(=O)c2ccc(C#N)cc2)CC1. The van der Waals surface area contributed by atoms with Crippen LogP contribution in [0.5, 0.6) is 0 Å². The zero-order valence-corrected chi connectivity index (χ0v) is 14.1. The summed E-state index contributed by atoms with van der Waals surface area (Å²) in [5.41, 5.74) is 0.426. The van der Waals surface area contributed by atoms with Crippen LogP contribution in [0.15, 0.2) is 29.2 Å². The molecule has 0 aromatic heterocycles. The third-order valence-electron chi connectivity index (χ3n) is 3.96. The molecule has 1 aliphatic heterocycles. The van der Waals surface area contributed by atoms with Gasteiger partial charge in [0.2, 0.25) is 15.9 Å². The van der Waals surface area contributed by atoms with E-state index in [9.17, 15) is 13.2 Å². The number of sulfonamides is 1. The minimum absolute atomic E-state index is 0.0993. The van der Waals surface area contributed by atoms with E-state index in [4.69, 9.17) is 5.26 Å². The van der Waals surface area contributed by atoms with Gasteiger partial charge in [0.1, 0.15) is 0 Å². The van der Waals surface area contributed by atoms with Crippen molar-refractivity contribution in [1.82, 2.24) is 9.21 Å². The summed E-state index contributed by atoms with van der Waals surface area (Å²) in [7, 11) is -3.57. The first-order chi connectivity index (χ1) is 11.0. The molecule has 1 aromatic carbocycles. The molecule has 0 N–H and O–H groups in total. The molecule has 6 nitrogen and oxygen atoms in total. The van der Waals surface area contributed by atoms with Crippen molar-refractivity contribution in [2.75, 3.05) is 26.2 Å². The third kappa shape index (κ3) is 4.09. The highest BCUT2D eigenvalue weighted by Crippen LogP contribution is 2.18. The van der Waals surface area contributed by atoms with E-state index in [1.54, 1.807) is 4.90 Å². The summed E-state index contributed by atoms with van der Waals surface area (Å²) in [4.78, 5) is 13.9. The summed E-state index contributed by atoms with van der Waals surface area (Å²) < 4.78 is 26.6. The average molecular weight is 335 g/mol. The molecule has 1 fully saturated rings. The molecule has 0 aliphatic carbocycles. The van der Waals surface area contributed by atoms with Gasteiger partial charge in [-0.05, 0) is 30.7 Å². The van der Waals surface area contributed by atoms with Crippen molar-refractivity contribution >= 4 is 15.9 Å². The van der Waals surface area contributed by atoms with Crippen LogP contribution in [0.3, 0.4) is 0 Å². The van der Waals surface area contributed by atoms with Crippen LogP contribution in [0.1, 0.15) is 31.7 Å². The fraction of sp³-hybridized carbons (Fsp3) is 0.500. The van der Waals surface area contributed by atoms with E-state index in [1.165, 1.54) is 28.6 Å². The molecule has 1 heterocycles. The van der Waals surface area contributed by atoms with Crippen molar-refractivity contribution in [1.29, 1.82) is 5.26 Å². The summed E-state index contributed by atoms with van der Waals surface area (Å²) in [6.45, 7) is 3.51. The van der Waals surface area contributed by atoms with Crippen molar-refractivity contribution in [3.05, 3.63) is 29.8 Å². The Bertz CT molecular complexity index is 684. The molecular formula is C16H21N3O3S. The average Bonchev–Trinajstić information content (AvgIpc) is 2.59. The van der Waals surface area contributed by atoms with Crippen molar-refractivity contribution in [3.63, 3.8) is 0 Å². The van der Waals surface area contributed by atoms with E-state index in [0.717, 1.165) is 12.8 Å². The summed E-state index contributed by atoms with van der Waals surface area (Å²) in [6, 6.07) is 7.86. The van der Waals surface area contributed by atoms with Gasteiger partial charge < -0.3 is 4.90 Å². The molecule has 0 unspecified atom stereocenters. The maximum atomic E-state index is 12.6. The molecular weight excluding hydrogens is 314 g/mol. The van der Waals surface area contributed by atoms with Crippen molar-refractivity contribution in [2.45, 2.75) is 31.1 Å². The fourth-order valence-corrected chi connectivity index (χ4v) is 3.94. The zero-order chi connectivity index (χ0) is 16.9. The molecule has 0 spiro atoms. The number of piperazine rings is 1. The minimum Gasteiger partial charge on any atom is -0.340 e. The predicted molar refractivity (Wildman–Crippen MR) is 86.0 cm³/mol. The Labute approximate surface area is 137 Å². The molecule has 0 bridgehead atoms. The Balaban J connectivity index is 2.00. The number of benzene rings is 1. The number of amides is 1. The van der Waals surface area contributed by atoms with Crippen LogP contribution in [-0.4, -0.2) is 49.7 Å². The van der Waals surface area contributed by atoms with Gasteiger partial charge in [0.15, 0.2) is 0 Å². The number of unbranched alkanes of at least 4 members (excludes halogenated alkanes) is 1. The number of carbonyl (C=O) groups excluding carboxylic acids is 1. The Morgan fingerprint density at radius 1 is 1.17 bits per heavy atom. The lowest BCUT2D eigenvalue weighted by Crippen LogP contribution is -2.50.